The third kappa shape index (κ3) is 3.64. The Labute approximate surface area is 124 Å². The Morgan fingerprint density at radius 2 is 2.15 bits per heavy atom. The topological polar surface area (TPSA) is 47.6 Å². The Hall–Kier alpha value is -1.26. The number of rotatable bonds is 4. The second kappa shape index (κ2) is 6.95. The molecule has 1 aromatic rings. The fraction of sp³-hybridized carbons (Fsp3) is 0.533. The van der Waals surface area contributed by atoms with Gasteiger partial charge in [0.25, 0.3) is 0 Å². The number of nitrogens with one attached hydrogen (secondary N) is 1. The third-order valence-corrected chi connectivity index (χ3v) is 4.04. The lowest BCUT2D eigenvalue weighted by Gasteiger charge is -2.29. The van der Waals surface area contributed by atoms with E-state index in [9.17, 15) is 4.79 Å². The number of carbonyl (C=O) groups is 1. The number of esters is 1. The van der Waals surface area contributed by atoms with Gasteiger partial charge in [0.2, 0.25) is 0 Å². The molecule has 1 aromatic carbocycles. The molecule has 110 valence electrons. The second-order valence-corrected chi connectivity index (χ2v) is 5.46. The predicted molar refractivity (Wildman–Crippen MR) is 79.5 cm³/mol. The van der Waals surface area contributed by atoms with Gasteiger partial charge in [-0.2, -0.15) is 0 Å². The number of methoxy groups -OCH3 is 2. The number of benzene rings is 1. The number of anilines is 1. The van der Waals surface area contributed by atoms with E-state index in [-0.39, 0.29) is 5.97 Å². The van der Waals surface area contributed by atoms with Crippen molar-refractivity contribution in [1.82, 2.24) is 0 Å². The van der Waals surface area contributed by atoms with Gasteiger partial charge in [-0.05, 0) is 43.9 Å². The van der Waals surface area contributed by atoms with Gasteiger partial charge in [-0.25, -0.2) is 4.79 Å². The Bertz CT molecular complexity index is 478. The highest BCUT2D eigenvalue weighted by Crippen LogP contribution is 2.28. The minimum atomic E-state index is -0.358. The maximum absolute atomic E-state index is 11.6. The Morgan fingerprint density at radius 1 is 1.35 bits per heavy atom. The summed E-state index contributed by atoms with van der Waals surface area (Å²) in [6.07, 6.45) is 4.56. The highest BCUT2D eigenvalue weighted by molar-refractivity contribution is 6.33. The van der Waals surface area contributed by atoms with Crippen molar-refractivity contribution in [3.05, 3.63) is 28.8 Å². The van der Waals surface area contributed by atoms with Crippen LogP contribution in [0.2, 0.25) is 5.02 Å². The quantitative estimate of drug-likeness (QED) is 0.864. The van der Waals surface area contributed by atoms with E-state index in [1.807, 2.05) is 0 Å². The summed E-state index contributed by atoms with van der Waals surface area (Å²) in [6.45, 7) is 0. The molecule has 1 saturated carbocycles. The van der Waals surface area contributed by atoms with Crippen LogP contribution in [0.4, 0.5) is 5.69 Å². The van der Waals surface area contributed by atoms with Gasteiger partial charge in [0.15, 0.2) is 0 Å². The summed E-state index contributed by atoms with van der Waals surface area (Å²) in [5, 5.41) is 4.02. The van der Waals surface area contributed by atoms with Crippen LogP contribution in [-0.4, -0.2) is 32.3 Å². The molecule has 20 heavy (non-hydrogen) atoms. The van der Waals surface area contributed by atoms with Crippen LogP contribution in [0, 0.1) is 0 Å². The highest BCUT2D eigenvalue weighted by atomic mass is 35.5. The van der Waals surface area contributed by atoms with Gasteiger partial charge >= 0.3 is 5.97 Å². The van der Waals surface area contributed by atoms with Crippen LogP contribution in [0.3, 0.4) is 0 Å². The molecule has 2 atom stereocenters. The summed E-state index contributed by atoms with van der Waals surface area (Å²) in [6, 6.07) is 5.44. The predicted octanol–water partition coefficient (Wildman–Crippen LogP) is 3.50. The van der Waals surface area contributed by atoms with Crippen LogP contribution in [0.5, 0.6) is 0 Å². The van der Waals surface area contributed by atoms with Crippen molar-refractivity contribution >= 4 is 23.3 Å². The van der Waals surface area contributed by atoms with E-state index in [1.54, 1.807) is 25.3 Å². The zero-order valence-corrected chi connectivity index (χ0v) is 12.6. The summed E-state index contributed by atoms with van der Waals surface area (Å²) in [7, 11) is 3.12. The number of hydrogen-bond donors (Lipinski definition) is 1. The fourth-order valence-electron chi connectivity index (χ4n) is 2.59. The molecule has 5 heteroatoms. The molecule has 1 aliphatic carbocycles. The third-order valence-electron chi connectivity index (χ3n) is 3.71. The van der Waals surface area contributed by atoms with Crippen molar-refractivity contribution < 1.29 is 14.3 Å². The maximum Gasteiger partial charge on any atom is 0.337 e. The van der Waals surface area contributed by atoms with Crippen molar-refractivity contribution in [3.63, 3.8) is 0 Å². The monoisotopic (exact) mass is 297 g/mol. The Morgan fingerprint density at radius 3 is 2.85 bits per heavy atom. The molecule has 0 amide bonds. The van der Waals surface area contributed by atoms with Crippen molar-refractivity contribution in [2.24, 2.45) is 0 Å². The van der Waals surface area contributed by atoms with E-state index in [1.165, 1.54) is 7.11 Å². The van der Waals surface area contributed by atoms with Gasteiger partial charge in [-0.3, -0.25) is 0 Å². The zero-order chi connectivity index (χ0) is 14.5. The van der Waals surface area contributed by atoms with Crippen LogP contribution in [0.15, 0.2) is 18.2 Å². The largest absolute Gasteiger partial charge is 0.465 e. The molecule has 0 aliphatic heterocycles. The number of hydrogen-bond acceptors (Lipinski definition) is 4. The molecule has 0 heterocycles. The summed E-state index contributed by atoms with van der Waals surface area (Å²) in [5.74, 6) is -0.358. The molecule has 1 aliphatic rings. The molecule has 0 saturated heterocycles. The lowest BCUT2D eigenvalue weighted by Crippen LogP contribution is -2.31. The first-order valence-electron chi connectivity index (χ1n) is 6.81. The molecule has 0 radical (unpaired) electrons. The standard InChI is InChI=1S/C15H20ClNO3/c1-19-12-5-3-4-11(9-12)17-14-8-10(15(18)20-2)6-7-13(14)16/h6-8,11-12,17H,3-5,9H2,1-2H3. The number of carbonyl (C=O) groups excluding carboxylic acids is 1. The molecule has 0 bridgehead atoms. The second-order valence-electron chi connectivity index (χ2n) is 5.05. The average molecular weight is 298 g/mol. The Kier molecular flexibility index (Phi) is 5.26. The van der Waals surface area contributed by atoms with E-state index in [0.717, 1.165) is 31.4 Å². The SMILES string of the molecule is COC(=O)c1ccc(Cl)c(NC2CCCC(OC)C2)c1. The van der Waals surface area contributed by atoms with Crippen LogP contribution in [0.25, 0.3) is 0 Å². The molecular formula is C15H20ClNO3. The number of halogens is 1. The highest BCUT2D eigenvalue weighted by Gasteiger charge is 2.22. The molecule has 0 aromatic heterocycles. The minimum absolute atomic E-state index is 0.295. The summed E-state index contributed by atoms with van der Waals surface area (Å²) >= 11 is 6.19. The molecule has 1 fully saturated rings. The molecule has 4 nitrogen and oxygen atoms in total. The zero-order valence-electron chi connectivity index (χ0n) is 11.8. The van der Waals surface area contributed by atoms with E-state index in [4.69, 9.17) is 21.1 Å². The van der Waals surface area contributed by atoms with Gasteiger partial charge < -0.3 is 14.8 Å². The number of ether oxygens (including phenoxy) is 2. The molecular weight excluding hydrogens is 278 g/mol. The summed E-state index contributed by atoms with van der Waals surface area (Å²) in [4.78, 5) is 11.6. The van der Waals surface area contributed by atoms with E-state index >= 15 is 0 Å². The average Bonchev–Trinajstić information content (AvgIpc) is 2.49. The molecule has 0 spiro atoms. The summed E-state index contributed by atoms with van der Waals surface area (Å²) in [5.41, 5.74) is 1.27. The lowest BCUT2D eigenvalue weighted by molar-refractivity contribution is 0.0600. The van der Waals surface area contributed by atoms with Gasteiger partial charge in [-0.1, -0.05) is 11.6 Å². The first-order chi connectivity index (χ1) is 9.63. The van der Waals surface area contributed by atoms with Crippen LogP contribution >= 0.6 is 11.6 Å². The van der Waals surface area contributed by atoms with Crippen molar-refractivity contribution in [3.8, 4) is 0 Å². The lowest BCUT2D eigenvalue weighted by atomic mass is 9.92. The molecule has 2 unspecified atom stereocenters. The smallest absolute Gasteiger partial charge is 0.337 e. The van der Waals surface area contributed by atoms with Gasteiger partial charge in [-0.15, -0.1) is 0 Å². The van der Waals surface area contributed by atoms with E-state index < -0.39 is 0 Å². The first-order valence-corrected chi connectivity index (χ1v) is 7.19. The van der Waals surface area contributed by atoms with Gasteiger partial charge in [0, 0.05) is 13.2 Å². The minimum Gasteiger partial charge on any atom is -0.465 e. The van der Waals surface area contributed by atoms with Crippen LogP contribution in [0.1, 0.15) is 36.0 Å². The normalized spacial score (nSPS) is 22.4. The molecule has 1 N–H and O–H groups in total. The van der Waals surface area contributed by atoms with Crippen molar-refractivity contribution in [2.45, 2.75) is 37.8 Å². The molecule has 2 rings (SSSR count). The van der Waals surface area contributed by atoms with Crippen molar-refractivity contribution in [2.75, 3.05) is 19.5 Å². The first kappa shape index (κ1) is 15.1. The van der Waals surface area contributed by atoms with E-state index in [0.29, 0.717) is 22.7 Å². The Balaban J connectivity index is 2.10. The van der Waals surface area contributed by atoms with Crippen molar-refractivity contribution in [1.29, 1.82) is 0 Å². The van der Waals surface area contributed by atoms with Gasteiger partial charge in [0.05, 0.1) is 29.5 Å². The van der Waals surface area contributed by atoms with E-state index in [2.05, 4.69) is 5.32 Å². The summed E-state index contributed by atoms with van der Waals surface area (Å²) < 4.78 is 10.1. The van der Waals surface area contributed by atoms with Crippen LogP contribution in [-0.2, 0) is 9.47 Å². The fourth-order valence-corrected chi connectivity index (χ4v) is 2.76. The van der Waals surface area contributed by atoms with Crippen LogP contribution < -0.4 is 5.32 Å². The van der Waals surface area contributed by atoms with Gasteiger partial charge in [0.1, 0.15) is 0 Å². The maximum atomic E-state index is 11.6.